The van der Waals surface area contributed by atoms with Gasteiger partial charge in [-0.2, -0.15) is 0 Å². The highest BCUT2D eigenvalue weighted by molar-refractivity contribution is 5.94. The molecule has 2 amide bonds. The molecule has 1 aromatic rings. The number of ether oxygens (including phenoxy) is 1. The lowest BCUT2D eigenvalue weighted by Crippen LogP contribution is -2.47. The van der Waals surface area contributed by atoms with E-state index in [1.54, 1.807) is 12.1 Å². The average molecular weight is 328 g/mol. The average Bonchev–Trinajstić information content (AvgIpc) is 2.54. The van der Waals surface area contributed by atoms with Crippen LogP contribution in [0.1, 0.15) is 22.8 Å². The Kier molecular flexibility index (Phi) is 7.87. The lowest BCUT2D eigenvalue weighted by atomic mass is 10.1. The first-order chi connectivity index (χ1) is 10.2. The van der Waals surface area contributed by atoms with Crippen LogP contribution in [0.3, 0.4) is 0 Å². The zero-order chi connectivity index (χ0) is 15.1. The Hall–Kier alpha value is -1.63. The molecule has 0 aliphatic carbocycles. The van der Waals surface area contributed by atoms with Crippen LogP contribution in [0.2, 0.25) is 0 Å². The van der Waals surface area contributed by atoms with E-state index in [0.29, 0.717) is 31.8 Å². The largest absolute Gasteiger partial charge is 0.366 e. The minimum absolute atomic E-state index is 0. The molecule has 1 fully saturated rings. The molecule has 0 aromatic heterocycles. The van der Waals surface area contributed by atoms with E-state index < -0.39 is 6.10 Å². The van der Waals surface area contributed by atoms with E-state index in [9.17, 15) is 9.59 Å². The SMILES string of the molecule is CCNC(=O)c1cccc(CNC(=O)C2CNCCO2)c1.Cl. The summed E-state index contributed by atoms with van der Waals surface area (Å²) in [5.41, 5.74) is 1.48. The van der Waals surface area contributed by atoms with Crippen LogP contribution in [0, 0.1) is 0 Å². The summed E-state index contributed by atoms with van der Waals surface area (Å²) in [7, 11) is 0. The predicted molar refractivity (Wildman–Crippen MR) is 86.2 cm³/mol. The number of morpholine rings is 1. The van der Waals surface area contributed by atoms with Crippen LogP contribution in [0.15, 0.2) is 24.3 Å². The Balaban J connectivity index is 0.00000242. The molecule has 3 N–H and O–H groups in total. The van der Waals surface area contributed by atoms with Gasteiger partial charge in [0.1, 0.15) is 6.10 Å². The Bertz CT molecular complexity index is 505. The Morgan fingerprint density at radius 1 is 1.36 bits per heavy atom. The van der Waals surface area contributed by atoms with E-state index in [1.165, 1.54) is 0 Å². The molecule has 1 saturated heterocycles. The molecule has 1 aliphatic rings. The summed E-state index contributed by atoms with van der Waals surface area (Å²) in [6.45, 7) is 4.70. The Morgan fingerprint density at radius 2 is 2.18 bits per heavy atom. The molecule has 0 saturated carbocycles. The van der Waals surface area contributed by atoms with Gasteiger partial charge in [-0.15, -0.1) is 12.4 Å². The molecule has 0 radical (unpaired) electrons. The zero-order valence-corrected chi connectivity index (χ0v) is 13.4. The maximum absolute atomic E-state index is 11.9. The molecule has 7 heteroatoms. The van der Waals surface area contributed by atoms with Gasteiger partial charge in [0.25, 0.3) is 11.8 Å². The smallest absolute Gasteiger partial charge is 0.251 e. The van der Waals surface area contributed by atoms with Crippen molar-refractivity contribution < 1.29 is 14.3 Å². The molecule has 1 aliphatic heterocycles. The van der Waals surface area contributed by atoms with E-state index in [0.717, 1.165) is 12.1 Å². The number of benzene rings is 1. The number of rotatable bonds is 5. The van der Waals surface area contributed by atoms with Crippen LogP contribution >= 0.6 is 12.4 Å². The minimum Gasteiger partial charge on any atom is -0.366 e. The third-order valence-corrected chi connectivity index (χ3v) is 3.21. The molecule has 0 spiro atoms. The van der Waals surface area contributed by atoms with Gasteiger partial charge in [-0.1, -0.05) is 12.1 Å². The van der Waals surface area contributed by atoms with Crippen molar-refractivity contribution in [1.82, 2.24) is 16.0 Å². The first-order valence-corrected chi connectivity index (χ1v) is 7.18. The summed E-state index contributed by atoms with van der Waals surface area (Å²) in [4.78, 5) is 23.7. The summed E-state index contributed by atoms with van der Waals surface area (Å²) in [5, 5.41) is 8.70. The van der Waals surface area contributed by atoms with E-state index in [2.05, 4.69) is 16.0 Å². The van der Waals surface area contributed by atoms with Crippen LogP contribution in [-0.2, 0) is 16.1 Å². The van der Waals surface area contributed by atoms with Gasteiger partial charge in [-0.25, -0.2) is 0 Å². The van der Waals surface area contributed by atoms with Crippen LogP contribution in [0.25, 0.3) is 0 Å². The standard InChI is InChI=1S/C15H21N3O3.ClH/c1-2-17-14(19)12-5-3-4-11(8-12)9-18-15(20)13-10-16-6-7-21-13;/h3-5,8,13,16H,2,6-7,9-10H2,1H3,(H,17,19)(H,18,20);1H. The highest BCUT2D eigenvalue weighted by Gasteiger charge is 2.21. The Labute approximate surface area is 136 Å². The van der Waals surface area contributed by atoms with E-state index in [-0.39, 0.29) is 24.2 Å². The third-order valence-electron chi connectivity index (χ3n) is 3.21. The van der Waals surface area contributed by atoms with Gasteiger partial charge in [0.15, 0.2) is 0 Å². The molecule has 22 heavy (non-hydrogen) atoms. The summed E-state index contributed by atoms with van der Waals surface area (Å²) in [6, 6.07) is 7.23. The summed E-state index contributed by atoms with van der Waals surface area (Å²) >= 11 is 0. The molecular formula is C15H22ClN3O3. The zero-order valence-electron chi connectivity index (χ0n) is 12.6. The molecule has 1 heterocycles. The third kappa shape index (κ3) is 5.29. The molecule has 2 rings (SSSR count). The molecule has 6 nitrogen and oxygen atoms in total. The minimum atomic E-state index is -0.440. The van der Waals surface area contributed by atoms with Gasteiger partial charge in [0.05, 0.1) is 6.61 Å². The second-order valence-electron chi connectivity index (χ2n) is 4.84. The van der Waals surface area contributed by atoms with E-state index >= 15 is 0 Å². The maximum atomic E-state index is 11.9. The van der Waals surface area contributed by atoms with Gasteiger partial charge in [0, 0.05) is 31.7 Å². The topological polar surface area (TPSA) is 79.5 Å². The van der Waals surface area contributed by atoms with Crippen molar-refractivity contribution >= 4 is 24.2 Å². The normalized spacial score (nSPS) is 17.2. The van der Waals surface area contributed by atoms with Crippen molar-refractivity contribution in [3.63, 3.8) is 0 Å². The highest BCUT2D eigenvalue weighted by Crippen LogP contribution is 2.06. The molecule has 1 atom stereocenters. The molecular weight excluding hydrogens is 306 g/mol. The van der Waals surface area contributed by atoms with Crippen molar-refractivity contribution in [3.8, 4) is 0 Å². The second-order valence-corrected chi connectivity index (χ2v) is 4.84. The van der Waals surface area contributed by atoms with Gasteiger partial charge < -0.3 is 20.7 Å². The van der Waals surface area contributed by atoms with Gasteiger partial charge in [-0.05, 0) is 24.6 Å². The fourth-order valence-corrected chi connectivity index (χ4v) is 2.12. The number of nitrogens with one attached hydrogen (secondary N) is 3. The Morgan fingerprint density at radius 3 is 2.86 bits per heavy atom. The number of amides is 2. The lowest BCUT2D eigenvalue weighted by molar-refractivity contribution is -0.134. The number of hydrogen-bond donors (Lipinski definition) is 3. The quantitative estimate of drug-likeness (QED) is 0.734. The van der Waals surface area contributed by atoms with Crippen LogP contribution in [-0.4, -0.2) is 44.2 Å². The molecule has 1 unspecified atom stereocenters. The van der Waals surface area contributed by atoms with Crippen molar-refractivity contribution in [1.29, 1.82) is 0 Å². The predicted octanol–water partition coefficient (Wildman–Crippen LogP) is 0.463. The van der Waals surface area contributed by atoms with Crippen LogP contribution in [0.5, 0.6) is 0 Å². The van der Waals surface area contributed by atoms with Crippen molar-refractivity contribution in [2.45, 2.75) is 19.6 Å². The fraction of sp³-hybridized carbons (Fsp3) is 0.467. The summed E-state index contributed by atoms with van der Waals surface area (Å²) in [6.07, 6.45) is -0.440. The number of hydrogen-bond acceptors (Lipinski definition) is 4. The lowest BCUT2D eigenvalue weighted by Gasteiger charge is -2.22. The van der Waals surface area contributed by atoms with Gasteiger partial charge in [0.2, 0.25) is 0 Å². The summed E-state index contributed by atoms with van der Waals surface area (Å²) < 4.78 is 5.38. The van der Waals surface area contributed by atoms with Crippen LogP contribution < -0.4 is 16.0 Å². The first-order valence-electron chi connectivity index (χ1n) is 7.18. The summed E-state index contributed by atoms with van der Waals surface area (Å²) in [5.74, 6) is -0.240. The first kappa shape index (κ1) is 18.4. The number of carbonyl (C=O) groups excluding carboxylic acids is 2. The number of halogens is 1. The highest BCUT2D eigenvalue weighted by atomic mass is 35.5. The van der Waals surface area contributed by atoms with Crippen molar-refractivity contribution in [2.24, 2.45) is 0 Å². The maximum Gasteiger partial charge on any atom is 0.251 e. The fourth-order valence-electron chi connectivity index (χ4n) is 2.12. The van der Waals surface area contributed by atoms with Crippen molar-refractivity contribution in [3.05, 3.63) is 35.4 Å². The van der Waals surface area contributed by atoms with Crippen molar-refractivity contribution in [2.75, 3.05) is 26.2 Å². The van der Waals surface area contributed by atoms with E-state index in [1.807, 2.05) is 19.1 Å². The molecule has 122 valence electrons. The second kappa shape index (κ2) is 9.40. The monoisotopic (exact) mass is 327 g/mol. The number of carbonyl (C=O) groups is 2. The van der Waals surface area contributed by atoms with Gasteiger partial charge >= 0.3 is 0 Å². The molecule has 0 bridgehead atoms. The molecule has 1 aromatic carbocycles. The van der Waals surface area contributed by atoms with Crippen LogP contribution in [0.4, 0.5) is 0 Å². The van der Waals surface area contributed by atoms with Gasteiger partial charge in [-0.3, -0.25) is 9.59 Å². The van der Waals surface area contributed by atoms with E-state index in [4.69, 9.17) is 4.74 Å².